The zero-order valence-corrected chi connectivity index (χ0v) is 9.97. The minimum atomic E-state index is 0.0892. The van der Waals surface area contributed by atoms with Crippen LogP contribution in [0, 0.1) is 0 Å². The second-order valence-electron chi connectivity index (χ2n) is 4.31. The molecule has 0 spiro atoms. The molecular formula is C11H14N2OS. The average Bonchev–Trinajstić information content (AvgIpc) is 2.15. The molecule has 0 aromatic heterocycles. The molecule has 4 heteroatoms. The van der Waals surface area contributed by atoms with E-state index in [4.69, 9.17) is 0 Å². The normalized spacial score (nSPS) is 23.7. The van der Waals surface area contributed by atoms with Gasteiger partial charge in [-0.25, -0.2) is 4.99 Å². The summed E-state index contributed by atoms with van der Waals surface area (Å²) in [5.74, 6) is 0. The van der Waals surface area contributed by atoms with E-state index < -0.39 is 0 Å². The fourth-order valence-corrected chi connectivity index (χ4v) is 2.89. The number of aliphatic imine (C=N–C) groups is 1. The maximum atomic E-state index is 10.7. The molecule has 0 saturated carbocycles. The number of amidine groups is 1. The van der Waals surface area contributed by atoms with Gasteiger partial charge < -0.3 is 4.90 Å². The van der Waals surface area contributed by atoms with Crippen LogP contribution in [-0.4, -0.2) is 27.6 Å². The van der Waals surface area contributed by atoms with Crippen LogP contribution >= 0.6 is 11.8 Å². The van der Waals surface area contributed by atoms with E-state index in [-0.39, 0.29) is 4.75 Å². The van der Waals surface area contributed by atoms with Gasteiger partial charge in [0.15, 0.2) is 5.17 Å². The molecule has 15 heavy (non-hydrogen) atoms. The number of allylic oxidation sites excluding steroid dienone is 1. The molecule has 0 bridgehead atoms. The lowest BCUT2D eigenvalue weighted by molar-refractivity contribution is -0.105. The highest BCUT2D eigenvalue weighted by Crippen LogP contribution is 2.37. The fourth-order valence-electron chi connectivity index (χ4n) is 1.77. The van der Waals surface area contributed by atoms with Crippen molar-refractivity contribution in [1.82, 2.24) is 4.90 Å². The third-order valence-electron chi connectivity index (χ3n) is 2.40. The molecule has 80 valence electrons. The van der Waals surface area contributed by atoms with Crippen LogP contribution in [0.25, 0.3) is 0 Å². The van der Waals surface area contributed by atoms with Crippen LogP contribution < -0.4 is 0 Å². The Kier molecular flexibility index (Phi) is 2.46. The number of nitrogens with zero attached hydrogens (tertiary/aromatic N) is 2. The van der Waals surface area contributed by atoms with Gasteiger partial charge in [0.2, 0.25) is 0 Å². The molecular weight excluding hydrogens is 208 g/mol. The molecule has 2 heterocycles. The van der Waals surface area contributed by atoms with Crippen LogP contribution in [0.15, 0.2) is 28.5 Å². The van der Waals surface area contributed by atoms with Gasteiger partial charge in [0.1, 0.15) is 6.29 Å². The summed E-state index contributed by atoms with van der Waals surface area (Å²) >= 11 is 1.73. The molecule has 0 fully saturated rings. The van der Waals surface area contributed by atoms with Gasteiger partial charge in [-0.3, -0.25) is 4.79 Å². The summed E-state index contributed by atoms with van der Waals surface area (Å²) in [6, 6.07) is 0. The van der Waals surface area contributed by atoms with Crippen molar-refractivity contribution in [3.63, 3.8) is 0 Å². The van der Waals surface area contributed by atoms with Gasteiger partial charge >= 0.3 is 0 Å². The predicted octanol–water partition coefficient (Wildman–Crippen LogP) is 2.17. The molecule has 2 rings (SSSR count). The Morgan fingerprint density at radius 1 is 1.60 bits per heavy atom. The summed E-state index contributed by atoms with van der Waals surface area (Å²) in [4.78, 5) is 17.1. The standard InChI is InChI=1S/C11H14N2OS/c1-8-4-11(2,3)15-10-12-5-9(7-14)6-13(8)10/h4-5,7H,6H2,1-3H3. The SMILES string of the molecule is CC1=CC(C)(C)SC2=NC=C(C=O)CN12. The van der Waals surface area contributed by atoms with Crippen LogP contribution in [0.5, 0.6) is 0 Å². The lowest BCUT2D eigenvalue weighted by atomic mass is 10.1. The van der Waals surface area contributed by atoms with Crippen molar-refractivity contribution in [3.8, 4) is 0 Å². The monoisotopic (exact) mass is 222 g/mol. The third-order valence-corrected chi connectivity index (χ3v) is 3.55. The Balaban J connectivity index is 2.36. The molecule has 0 atom stereocenters. The van der Waals surface area contributed by atoms with E-state index in [0.717, 1.165) is 17.0 Å². The summed E-state index contributed by atoms with van der Waals surface area (Å²) in [7, 11) is 0. The van der Waals surface area contributed by atoms with Gasteiger partial charge in [0, 0.05) is 22.2 Å². The molecule has 0 aromatic rings. The lowest BCUT2D eigenvalue weighted by Gasteiger charge is -2.37. The molecule has 3 nitrogen and oxygen atoms in total. The molecule has 2 aliphatic heterocycles. The summed E-state index contributed by atoms with van der Waals surface area (Å²) in [6.45, 7) is 7.04. The molecule has 0 aliphatic carbocycles. The number of hydrogen-bond acceptors (Lipinski definition) is 4. The summed E-state index contributed by atoms with van der Waals surface area (Å²) < 4.78 is 0.0892. The lowest BCUT2D eigenvalue weighted by Crippen LogP contribution is -2.38. The Labute approximate surface area is 93.9 Å². The number of carbonyl (C=O) groups excluding carboxylic acids is 1. The minimum Gasteiger partial charge on any atom is -0.321 e. The van der Waals surface area contributed by atoms with E-state index in [1.165, 1.54) is 5.70 Å². The Morgan fingerprint density at radius 3 is 3.00 bits per heavy atom. The summed E-state index contributed by atoms with van der Waals surface area (Å²) in [5.41, 5.74) is 1.90. The molecule has 2 aliphatic rings. The van der Waals surface area contributed by atoms with Gasteiger partial charge in [-0.15, -0.1) is 0 Å². The first kappa shape index (κ1) is 10.5. The van der Waals surface area contributed by atoms with Gasteiger partial charge in [0.25, 0.3) is 0 Å². The Bertz CT molecular complexity index is 393. The van der Waals surface area contributed by atoms with Crippen molar-refractivity contribution < 1.29 is 4.79 Å². The Morgan fingerprint density at radius 2 is 2.33 bits per heavy atom. The summed E-state index contributed by atoms with van der Waals surface area (Å²) in [6.07, 6.45) is 4.75. The zero-order chi connectivity index (χ0) is 11.1. The number of thioether (sulfide) groups is 1. The van der Waals surface area contributed by atoms with Gasteiger partial charge in [-0.05, 0) is 26.8 Å². The maximum absolute atomic E-state index is 10.7. The van der Waals surface area contributed by atoms with E-state index >= 15 is 0 Å². The van der Waals surface area contributed by atoms with Crippen molar-refractivity contribution in [2.24, 2.45) is 4.99 Å². The van der Waals surface area contributed by atoms with Gasteiger partial charge in [-0.1, -0.05) is 11.8 Å². The number of rotatable bonds is 1. The zero-order valence-electron chi connectivity index (χ0n) is 9.15. The average molecular weight is 222 g/mol. The molecule has 0 N–H and O–H groups in total. The highest BCUT2D eigenvalue weighted by atomic mass is 32.2. The number of fused-ring (bicyclic) bond motifs is 1. The fraction of sp³-hybridized carbons (Fsp3) is 0.455. The molecule has 0 saturated heterocycles. The smallest absolute Gasteiger partial charge is 0.169 e. The maximum Gasteiger partial charge on any atom is 0.169 e. The van der Waals surface area contributed by atoms with Crippen LogP contribution in [-0.2, 0) is 4.79 Å². The first-order valence-electron chi connectivity index (χ1n) is 4.90. The summed E-state index contributed by atoms with van der Waals surface area (Å²) in [5, 5.41) is 0.991. The van der Waals surface area contributed by atoms with Crippen molar-refractivity contribution >= 4 is 23.2 Å². The van der Waals surface area contributed by atoms with Gasteiger partial charge in [-0.2, -0.15) is 0 Å². The first-order chi connectivity index (χ1) is 7.02. The molecule has 0 unspecified atom stereocenters. The quantitative estimate of drug-likeness (QED) is 0.637. The number of hydrogen-bond donors (Lipinski definition) is 0. The second-order valence-corrected chi connectivity index (χ2v) is 5.93. The highest BCUT2D eigenvalue weighted by molar-refractivity contribution is 8.15. The second kappa shape index (κ2) is 3.52. The van der Waals surface area contributed by atoms with Crippen LogP contribution in [0.3, 0.4) is 0 Å². The molecule has 0 amide bonds. The van der Waals surface area contributed by atoms with Crippen LogP contribution in [0.2, 0.25) is 0 Å². The van der Waals surface area contributed by atoms with E-state index in [0.29, 0.717) is 6.54 Å². The van der Waals surface area contributed by atoms with Crippen molar-refractivity contribution in [1.29, 1.82) is 0 Å². The number of aldehydes is 1. The predicted molar refractivity (Wildman–Crippen MR) is 63.7 cm³/mol. The number of carbonyl (C=O) groups is 1. The van der Waals surface area contributed by atoms with Crippen molar-refractivity contribution in [3.05, 3.63) is 23.5 Å². The van der Waals surface area contributed by atoms with E-state index in [1.54, 1.807) is 18.0 Å². The van der Waals surface area contributed by atoms with Crippen LogP contribution in [0.1, 0.15) is 20.8 Å². The molecule has 0 aromatic carbocycles. The van der Waals surface area contributed by atoms with Crippen molar-refractivity contribution in [2.45, 2.75) is 25.5 Å². The van der Waals surface area contributed by atoms with E-state index in [2.05, 4.69) is 36.7 Å². The van der Waals surface area contributed by atoms with Crippen LogP contribution in [0.4, 0.5) is 0 Å². The van der Waals surface area contributed by atoms with E-state index in [1.807, 2.05) is 0 Å². The first-order valence-corrected chi connectivity index (χ1v) is 5.71. The highest BCUT2D eigenvalue weighted by Gasteiger charge is 2.31. The minimum absolute atomic E-state index is 0.0892. The van der Waals surface area contributed by atoms with E-state index in [9.17, 15) is 4.79 Å². The molecule has 0 radical (unpaired) electrons. The Hall–Kier alpha value is -1.03. The topological polar surface area (TPSA) is 32.7 Å². The largest absolute Gasteiger partial charge is 0.321 e. The third kappa shape index (κ3) is 2.00. The van der Waals surface area contributed by atoms with Crippen molar-refractivity contribution in [2.75, 3.05) is 6.54 Å². The van der Waals surface area contributed by atoms with Gasteiger partial charge in [0.05, 0.1) is 6.54 Å².